The van der Waals surface area contributed by atoms with Crippen LogP contribution in [0.15, 0.2) is 4.52 Å². The summed E-state index contributed by atoms with van der Waals surface area (Å²) < 4.78 is 5.08. The summed E-state index contributed by atoms with van der Waals surface area (Å²) in [5.41, 5.74) is 0.241. The number of aromatic nitrogens is 1. The van der Waals surface area contributed by atoms with Crippen LogP contribution in [-0.4, -0.2) is 39.2 Å². The van der Waals surface area contributed by atoms with Gasteiger partial charge in [-0.1, -0.05) is 5.16 Å². The third-order valence-electron chi connectivity index (χ3n) is 3.62. The van der Waals surface area contributed by atoms with Gasteiger partial charge in [-0.2, -0.15) is 0 Å². The maximum atomic E-state index is 12.4. The first-order chi connectivity index (χ1) is 9.62. The summed E-state index contributed by atoms with van der Waals surface area (Å²) in [6.45, 7) is 10.4. The minimum atomic E-state index is -1.28. The van der Waals surface area contributed by atoms with E-state index < -0.39 is 17.5 Å². The third-order valence-corrected chi connectivity index (χ3v) is 3.62. The molecule has 0 spiro atoms. The number of aliphatic carboxylic acids is 1. The Kier molecular flexibility index (Phi) is 4.98. The second-order valence-electron chi connectivity index (χ2n) is 5.52. The van der Waals surface area contributed by atoms with Crippen molar-refractivity contribution < 1.29 is 19.2 Å². The Labute approximate surface area is 124 Å². The largest absolute Gasteiger partial charge is 0.480 e. The highest BCUT2D eigenvalue weighted by atomic mass is 16.5. The average molecular weight is 297 g/mol. The standard InChI is InChI=1S/C14H23N3O4/c1-7-17(14(5,6)12(18)19)13(20)15-8(2)11-9(3)16-21-10(11)4/h8H,7H2,1-6H3,(H,15,20)(H,18,19). The topological polar surface area (TPSA) is 95.7 Å². The van der Waals surface area contributed by atoms with E-state index in [0.29, 0.717) is 18.0 Å². The van der Waals surface area contributed by atoms with Crippen LogP contribution in [0.1, 0.15) is 50.8 Å². The molecule has 0 aliphatic carbocycles. The molecule has 118 valence electrons. The number of carbonyl (C=O) groups is 2. The fourth-order valence-electron chi connectivity index (χ4n) is 2.35. The molecule has 0 saturated heterocycles. The predicted molar refractivity (Wildman–Crippen MR) is 77.0 cm³/mol. The molecule has 0 aliphatic rings. The van der Waals surface area contributed by atoms with Crippen molar-refractivity contribution in [3.63, 3.8) is 0 Å². The maximum absolute atomic E-state index is 12.4. The molecule has 1 aromatic heterocycles. The van der Waals surface area contributed by atoms with Gasteiger partial charge in [0, 0.05) is 12.1 Å². The number of hydrogen-bond donors (Lipinski definition) is 2. The summed E-state index contributed by atoms with van der Waals surface area (Å²) in [7, 11) is 0. The molecule has 7 nitrogen and oxygen atoms in total. The van der Waals surface area contributed by atoms with Gasteiger partial charge >= 0.3 is 12.0 Å². The van der Waals surface area contributed by atoms with E-state index in [4.69, 9.17) is 4.52 Å². The molecular weight excluding hydrogens is 274 g/mol. The van der Waals surface area contributed by atoms with Gasteiger partial charge in [-0.3, -0.25) is 0 Å². The molecule has 21 heavy (non-hydrogen) atoms. The Hall–Kier alpha value is -2.05. The highest BCUT2D eigenvalue weighted by Crippen LogP contribution is 2.22. The van der Waals surface area contributed by atoms with Crippen molar-refractivity contribution in [2.45, 2.75) is 53.1 Å². The number of carboxylic acids is 1. The van der Waals surface area contributed by atoms with Gasteiger partial charge in [0.1, 0.15) is 11.3 Å². The number of aryl methyl sites for hydroxylation is 2. The number of hydrogen-bond acceptors (Lipinski definition) is 4. The van der Waals surface area contributed by atoms with Gasteiger partial charge in [0.25, 0.3) is 0 Å². The van der Waals surface area contributed by atoms with Crippen LogP contribution >= 0.6 is 0 Å². The lowest BCUT2D eigenvalue weighted by atomic mass is 10.0. The van der Waals surface area contributed by atoms with Crippen LogP contribution in [0.2, 0.25) is 0 Å². The molecule has 0 saturated carbocycles. The zero-order valence-electron chi connectivity index (χ0n) is 13.4. The third kappa shape index (κ3) is 3.34. The Morgan fingerprint density at radius 1 is 1.43 bits per heavy atom. The summed E-state index contributed by atoms with van der Waals surface area (Å²) in [5.74, 6) is -0.412. The molecule has 2 amide bonds. The summed E-state index contributed by atoms with van der Waals surface area (Å²) >= 11 is 0. The highest BCUT2D eigenvalue weighted by molar-refractivity contribution is 5.85. The Balaban J connectivity index is 2.91. The van der Waals surface area contributed by atoms with Crippen molar-refractivity contribution in [2.75, 3.05) is 6.54 Å². The number of nitrogens with zero attached hydrogens (tertiary/aromatic N) is 2. The van der Waals surface area contributed by atoms with Crippen LogP contribution in [0.5, 0.6) is 0 Å². The van der Waals surface area contributed by atoms with E-state index in [9.17, 15) is 14.7 Å². The molecule has 7 heteroatoms. The molecule has 1 heterocycles. The van der Waals surface area contributed by atoms with Gasteiger partial charge in [-0.25, -0.2) is 9.59 Å². The van der Waals surface area contributed by atoms with E-state index in [1.807, 2.05) is 6.92 Å². The first-order valence-corrected chi connectivity index (χ1v) is 6.87. The summed E-state index contributed by atoms with van der Waals surface area (Å²) in [6, 6.07) is -0.750. The Morgan fingerprint density at radius 2 is 2.00 bits per heavy atom. The van der Waals surface area contributed by atoms with Gasteiger partial charge in [0.05, 0.1) is 11.7 Å². The molecule has 0 bridgehead atoms. The van der Waals surface area contributed by atoms with Crippen LogP contribution in [-0.2, 0) is 4.79 Å². The fourth-order valence-corrected chi connectivity index (χ4v) is 2.35. The second kappa shape index (κ2) is 6.15. The minimum Gasteiger partial charge on any atom is -0.480 e. The van der Waals surface area contributed by atoms with Crippen LogP contribution in [0.25, 0.3) is 0 Å². The lowest BCUT2D eigenvalue weighted by Crippen LogP contribution is -2.56. The van der Waals surface area contributed by atoms with Crippen molar-refractivity contribution in [2.24, 2.45) is 0 Å². The normalized spacial score (nSPS) is 12.9. The lowest BCUT2D eigenvalue weighted by Gasteiger charge is -2.35. The van der Waals surface area contributed by atoms with Gasteiger partial charge in [-0.15, -0.1) is 0 Å². The van der Waals surface area contributed by atoms with Crippen molar-refractivity contribution in [1.29, 1.82) is 0 Å². The molecule has 2 N–H and O–H groups in total. The first-order valence-electron chi connectivity index (χ1n) is 6.87. The highest BCUT2D eigenvalue weighted by Gasteiger charge is 2.37. The second-order valence-corrected chi connectivity index (χ2v) is 5.52. The predicted octanol–water partition coefficient (Wildman–Crippen LogP) is 2.25. The molecule has 0 radical (unpaired) electrons. The van der Waals surface area contributed by atoms with Crippen molar-refractivity contribution in [3.05, 3.63) is 17.0 Å². The summed E-state index contributed by atoms with van der Waals surface area (Å²) in [4.78, 5) is 24.9. The smallest absolute Gasteiger partial charge is 0.329 e. The van der Waals surface area contributed by atoms with Crippen LogP contribution < -0.4 is 5.32 Å². The molecule has 0 aromatic carbocycles. The minimum absolute atomic E-state index is 0.291. The molecule has 0 fully saturated rings. The molecule has 1 unspecified atom stereocenters. The van der Waals surface area contributed by atoms with E-state index in [0.717, 1.165) is 5.56 Å². The molecule has 1 rings (SSSR count). The molecule has 1 aromatic rings. The average Bonchev–Trinajstić information content (AvgIpc) is 2.69. The van der Waals surface area contributed by atoms with Gasteiger partial charge in [-0.05, 0) is 41.5 Å². The first kappa shape index (κ1) is 17.0. The summed E-state index contributed by atoms with van der Waals surface area (Å²) in [6.07, 6.45) is 0. The van der Waals surface area contributed by atoms with Gasteiger partial charge in [0.15, 0.2) is 0 Å². The number of carbonyl (C=O) groups excluding carboxylic acids is 1. The SMILES string of the molecule is CCN(C(=O)NC(C)c1c(C)noc1C)C(C)(C)C(=O)O. The van der Waals surface area contributed by atoms with Gasteiger partial charge < -0.3 is 19.8 Å². The van der Waals surface area contributed by atoms with Crippen LogP contribution in [0.3, 0.4) is 0 Å². The lowest BCUT2D eigenvalue weighted by molar-refractivity contribution is -0.147. The quantitative estimate of drug-likeness (QED) is 0.869. The van der Waals surface area contributed by atoms with E-state index in [-0.39, 0.29) is 6.04 Å². The number of likely N-dealkylation sites (N-methyl/N-ethyl adjacent to an activating group) is 1. The molecule has 0 aliphatic heterocycles. The van der Waals surface area contributed by atoms with E-state index in [1.165, 1.54) is 18.7 Å². The monoisotopic (exact) mass is 297 g/mol. The van der Waals surface area contributed by atoms with Crippen molar-refractivity contribution in [3.8, 4) is 0 Å². The van der Waals surface area contributed by atoms with E-state index >= 15 is 0 Å². The van der Waals surface area contributed by atoms with Crippen molar-refractivity contribution in [1.82, 2.24) is 15.4 Å². The Morgan fingerprint density at radius 3 is 2.38 bits per heavy atom. The number of rotatable bonds is 5. The maximum Gasteiger partial charge on any atom is 0.329 e. The fraction of sp³-hybridized carbons (Fsp3) is 0.643. The zero-order valence-corrected chi connectivity index (χ0v) is 13.4. The van der Waals surface area contributed by atoms with Crippen molar-refractivity contribution >= 4 is 12.0 Å². The number of amides is 2. The Bertz CT molecular complexity index is 517. The molecule has 1 atom stereocenters. The zero-order chi connectivity index (χ0) is 16.4. The molecular formula is C14H23N3O4. The number of urea groups is 1. The van der Waals surface area contributed by atoms with E-state index in [2.05, 4.69) is 10.5 Å². The van der Waals surface area contributed by atoms with Crippen LogP contribution in [0, 0.1) is 13.8 Å². The van der Waals surface area contributed by atoms with Gasteiger partial charge in [0.2, 0.25) is 0 Å². The number of nitrogens with one attached hydrogen (secondary N) is 1. The number of carboxylic acid groups (broad SMARTS) is 1. The van der Waals surface area contributed by atoms with Crippen LogP contribution in [0.4, 0.5) is 4.79 Å². The van der Waals surface area contributed by atoms with E-state index in [1.54, 1.807) is 20.8 Å². The summed E-state index contributed by atoms with van der Waals surface area (Å²) in [5, 5.41) is 15.9.